The first kappa shape index (κ1) is 51.6. The Hall–Kier alpha value is -2.40. The van der Waals surface area contributed by atoms with Crippen LogP contribution in [-0.2, 0) is 19.1 Å². The van der Waals surface area contributed by atoms with Gasteiger partial charge in [-0.3, -0.25) is 9.59 Å². The van der Waals surface area contributed by atoms with Crippen molar-refractivity contribution in [3.8, 4) is 0 Å². The van der Waals surface area contributed by atoms with E-state index in [0.29, 0.717) is 12.8 Å². The smallest absolute Gasteiger partial charge is 0.306 e. The van der Waals surface area contributed by atoms with E-state index in [0.717, 1.165) is 70.6 Å². The predicted molar refractivity (Wildman–Crippen MR) is 233 cm³/mol. The van der Waals surface area contributed by atoms with Crippen LogP contribution in [0.4, 0.5) is 0 Å². The molecule has 312 valence electrons. The zero-order chi connectivity index (χ0) is 39.3. The summed E-state index contributed by atoms with van der Waals surface area (Å²) in [4.78, 5) is 24.3. The summed E-state index contributed by atoms with van der Waals surface area (Å²) in [5.74, 6) is -0.600. The molecule has 0 aromatic rings. The zero-order valence-corrected chi connectivity index (χ0v) is 35.5. The highest BCUT2D eigenvalue weighted by Crippen LogP contribution is 2.15. The molecule has 0 spiro atoms. The van der Waals surface area contributed by atoms with E-state index in [9.17, 15) is 14.7 Å². The molecule has 5 heteroatoms. The Morgan fingerprint density at radius 1 is 0.444 bits per heavy atom. The van der Waals surface area contributed by atoms with Gasteiger partial charge in [0.2, 0.25) is 0 Å². The van der Waals surface area contributed by atoms with Crippen molar-refractivity contribution in [3.05, 3.63) is 60.8 Å². The first-order valence-electron chi connectivity index (χ1n) is 22.8. The van der Waals surface area contributed by atoms with Crippen LogP contribution in [0.25, 0.3) is 0 Å². The van der Waals surface area contributed by atoms with Crippen molar-refractivity contribution >= 4 is 11.9 Å². The molecular weight excluding hydrogens is 669 g/mol. The predicted octanol–water partition coefficient (Wildman–Crippen LogP) is 14.7. The number of unbranched alkanes of at least 4 members (excludes halogenated alkanes) is 23. The minimum atomic E-state index is -0.774. The van der Waals surface area contributed by atoms with Gasteiger partial charge in [-0.1, -0.05) is 197 Å². The maximum atomic E-state index is 12.2. The molecule has 0 saturated carbocycles. The van der Waals surface area contributed by atoms with Gasteiger partial charge in [0.1, 0.15) is 6.61 Å². The van der Waals surface area contributed by atoms with Crippen molar-refractivity contribution in [2.24, 2.45) is 0 Å². The Morgan fingerprint density at radius 3 is 1.22 bits per heavy atom. The van der Waals surface area contributed by atoms with E-state index in [4.69, 9.17) is 9.47 Å². The van der Waals surface area contributed by atoms with Crippen LogP contribution < -0.4 is 0 Å². The summed E-state index contributed by atoms with van der Waals surface area (Å²) in [5.41, 5.74) is 0. The fourth-order valence-corrected chi connectivity index (χ4v) is 6.35. The molecule has 1 atom stereocenters. The Bertz CT molecular complexity index is 946. The van der Waals surface area contributed by atoms with E-state index in [-0.39, 0.29) is 25.2 Å². The Balaban J connectivity index is 3.47. The molecule has 0 amide bonds. The molecule has 0 aromatic carbocycles. The molecule has 5 nitrogen and oxygen atoms in total. The molecule has 0 fully saturated rings. The lowest BCUT2D eigenvalue weighted by Gasteiger charge is -2.15. The van der Waals surface area contributed by atoms with Crippen LogP contribution in [0.2, 0.25) is 0 Å². The molecule has 54 heavy (non-hydrogen) atoms. The zero-order valence-electron chi connectivity index (χ0n) is 35.5. The molecule has 0 aliphatic rings. The van der Waals surface area contributed by atoms with Crippen LogP contribution in [0.3, 0.4) is 0 Å². The van der Waals surface area contributed by atoms with Gasteiger partial charge in [0.05, 0.1) is 6.61 Å². The lowest BCUT2D eigenvalue weighted by atomic mass is 10.0. The molecule has 0 aromatic heterocycles. The molecule has 1 unspecified atom stereocenters. The quantitative estimate of drug-likeness (QED) is 0.0382. The number of esters is 2. The Kier molecular flexibility index (Phi) is 43.0. The van der Waals surface area contributed by atoms with Crippen LogP contribution in [0, 0.1) is 0 Å². The first-order valence-corrected chi connectivity index (χ1v) is 22.8. The van der Waals surface area contributed by atoms with Crippen LogP contribution in [0.1, 0.15) is 219 Å². The molecule has 0 rings (SSSR count). The van der Waals surface area contributed by atoms with Crippen LogP contribution in [-0.4, -0.2) is 36.4 Å². The number of aliphatic hydroxyl groups excluding tert-OH is 1. The second-order valence-corrected chi connectivity index (χ2v) is 15.1. The van der Waals surface area contributed by atoms with Gasteiger partial charge in [-0.2, -0.15) is 0 Å². The van der Waals surface area contributed by atoms with Gasteiger partial charge in [0.15, 0.2) is 6.10 Å². The number of allylic oxidation sites excluding steroid dienone is 10. The summed E-state index contributed by atoms with van der Waals surface area (Å²) in [7, 11) is 0. The minimum Gasteiger partial charge on any atom is -0.462 e. The average molecular weight is 755 g/mol. The number of hydrogen-bond donors (Lipinski definition) is 1. The second kappa shape index (κ2) is 45.0. The standard InChI is InChI=1S/C49H86O5/c1-3-5-7-9-11-13-15-16-17-18-19-20-21-22-23-24-25-26-27-28-29-30-31-32-34-36-38-40-42-44-49(52)54-47(45-50)46-53-48(51)43-41-39-37-35-33-14-12-10-8-6-4-2/h5,7,10-13,16-17,19-20,47,50H,3-4,6,8-9,14-15,18,21-46H2,1-2H3/b7-5-,12-10-,13-11-,17-16-,20-19-. The molecule has 1 N–H and O–H groups in total. The van der Waals surface area contributed by atoms with Crippen molar-refractivity contribution in [2.45, 2.75) is 225 Å². The number of aliphatic hydroxyl groups is 1. The van der Waals surface area contributed by atoms with Gasteiger partial charge in [0.25, 0.3) is 0 Å². The van der Waals surface area contributed by atoms with Crippen molar-refractivity contribution in [1.29, 1.82) is 0 Å². The van der Waals surface area contributed by atoms with Gasteiger partial charge in [0, 0.05) is 12.8 Å². The number of ether oxygens (including phenoxy) is 2. The molecule has 0 saturated heterocycles. The lowest BCUT2D eigenvalue weighted by Crippen LogP contribution is -2.28. The van der Waals surface area contributed by atoms with E-state index in [1.54, 1.807) is 0 Å². The second-order valence-electron chi connectivity index (χ2n) is 15.1. The molecule has 0 aliphatic carbocycles. The van der Waals surface area contributed by atoms with Crippen LogP contribution >= 0.6 is 0 Å². The van der Waals surface area contributed by atoms with Crippen LogP contribution in [0.5, 0.6) is 0 Å². The first-order chi connectivity index (χ1) is 26.6. The van der Waals surface area contributed by atoms with Crippen molar-refractivity contribution in [3.63, 3.8) is 0 Å². The largest absolute Gasteiger partial charge is 0.462 e. The van der Waals surface area contributed by atoms with E-state index >= 15 is 0 Å². The average Bonchev–Trinajstić information content (AvgIpc) is 3.17. The van der Waals surface area contributed by atoms with E-state index < -0.39 is 6.10 Å². The summed E-state index contributed by atoms with van der Waals surface area (Å²) < 4.78 is 10.6. The number of carbonyl (C=O) groups excluding carboxylic acids is 2. The number of rotatable bonds is 41. The lowest BCUT2D eigenvalue weighted by molar-refractivity contribution is -0.161. The molecule has 0 radical (unpaired) electrons. The molecule has 0 heterocycles. The highest BCUT2D eigenvalue weighted by molar-refractivity contribution is 5.70. The third-order valence-electron chi connectivity index (χ3n) is 9.80. The maximum absolute atomic E-state index is 12.2. The van der Waals surface area contributed by atoms with Crippen molar-refractivity contribution in [2.75, 3.05) is 13.2 Å². The van der Waals surface area contributed by atoms with Crippen molar-refractivity contribution in [1.82, 2.24) is 0 Å². The number of carbonyl (C=O) groups is 2. The minimum absolute atomic E-state index is 0.0698. The summed E-state index contributed by atoms with van der Waals surface area (Å²) in [6, 6.07) is 0. The summed E-state index contributed by atoms with van der Waals surface area (Å²) >= 11 is 0. The van der Waals surface area contributed by atoms with Gasteiger partial charge >= 0.3 is 11.9 Å². The summed E-state index contributed by atoms with van der Waals surface area (Å²) in [5, 5.41) is 9.57. The van der Waals surface area contributed by atoms with Gasteiger partial charge in [-0.25, -0.2) is 0 Å². The third kappa shape index (κ3) is 42.3. The van der Waals surface area contributed by atoms with E-state index in [2.05, 4.69) is 74.6 Å². The topological polar surface area (TPSA) is 72.8 Å². The monoisotopic (exact) mass is 755 g/mol. The van der Waals surface area contributed by atoms with Crippen molar-refractivity contribution < 1.29 is 24.2 Å². The Labute approximate surface area is 334 Å². The summed E-state index contributed by atoms with van der Waals surface area (Å²) in [6.45, 7) is 3.98. The molecule has 0 bridgehead atoms. The summed E-state index contributed by atoms with van der Waals surface area (Å²) in [6.07, 6.45) is 58.8. The number of hydrogen-bond acceptors (Lipinski definition) is 5. The van der Waals surface area contributed by atoms with E-state index in [1.165, 1.54) is 122 Å². The normalized spacial score (nSPS) is 12.7. The van der Waals surface area contributed by atoms with E-state index in [1.807, 2.05) is 0 Å². The SMILES string of the molecule is CC/C=C\C/C=C\C/C=C\C/C=C\CCCCCCCCCCCCCCCCCCC(=O)OC(CO)COC(=O)CCCCCCC/C=C\CCCC. The van der Waals surface area contributed by atoms with Gasteiger partial charge in [-0.15, -0.1) is 0 Å². The molecular formula is C49H86O5. The fraction of sp³-hybridized carbons (Fsp3) is 0.755. The highest BCUT2D eigenvalue weighted by atomic mass is 16.6. The third-order valence-corrected chi connectivity index (χ3v) is 9.80. The maximum Gasteiger partial charge on any atom is 0.306 e. The van der Waals surface area contributed by atoms with Gasteiger partial charge in [-0.05, 0) is 70.6 Å². The Morgan fingerprint density at radius 2 is 0.796 bits per heavy atom. The molecule has 0 aliphatic heterocycles. The highest BCUT2D eigenvalue weighted by Gasteiger charge is 2.16. The van der Waals surface area contributed by atoms with Crippen LogP contribution in [0.15, 0.2) is 60.8 Å². The van der Waals surface area contributed by atoms with Gasteiger partial charge < -0.3 is 14.6 Å². The fourth-order valence-electron chi connectivity index (χ4n) is 6.35.